The van der Waals surface area contributed by atoms with Crippen molar-refractivity contribution in [3.63, 3.8) is 0 Å². The Bertz CT molecular complexity index is 1080. The first-order valence-corrected chi connectivity index (χ1v) is 10.1. The Morgan fingerprint density at radius 3 is 2.19 bits per heavy atom. The molecule has 0 aliphatic carbocycles. The molecule has 1 aliphatic rings. The fraction of sp³-hybridized carbons (Fsp3) is 0.318. The van der Waals surface area contributed by atoms with Gasteiger partial charge in [0.2, 0.25) is 0 Å². The molecule has 0 radical (unpaired) electrons. The van der Waals surface area contributed by atoms with Gasteiger partial charge in [-0.15, -0.1) is 0 Å². The number of anilines is 1. The summed E-state index contributed by atoms with van der Waals surface area (Å²) in [7, 11) is 0. The van der Waals surface area contributed by atoms with E-state index in [1.165, 1.54) is 43.9 Å². The molecule has 1 N–H and O–H groups in total. The van der Waals surface area contributed by atoms with Crippen molar-refractivity contribution in [1.29, 1.82) is 0 Å². The van der Waals surface area contributed by atoms with Crippen molar-refractivity contribution < 1.29 is 0 Å². The minimum Gasteiger partial charge on any atom is -0.374 e. The number of hydrogen-bond acceptors (Lipinski definition) is 3. The van der Waals surface area contributed by atoms with E-state index in [4.69, 9.17) is 12.2 Å². The highest BCUT2D eigenvalue weighted by Crippen LogP contribution is 2.48. The van der Waals surface area contributed by atoms with Crippen LogP contribution in [-0.4, -0.2) is 3.96 Å². The molecule has 26 heavy (non-hydrogen) atoms. The van der Waals surface area contributed by atoms with Crippen molar-refractivity contribution in [2.75, 3.05) is 5.32 Å². The van der Waals surface area contributed by atoms with Crippen LogP contribution in [-0.2, 0) is 5.54 Å². The lowest BCUT2D eigenvalue weighted by Gasteiger charge is -2.34. The number of rotatable bonds is 1. The van der Waals surface area contributed by atoms with Gasteiger partial charge in [0.05, 0.1) is 16.1 Å². The first-order chi connectivity index (χ1) is 12.2. The zero-order chi connectivity index (χ0) is 18.8. The molecule has 0 bridgehead atoms. The van der Waals surface area contributed by atoms with Crippen LogP contribution in [0.4, 0.5) is 5.69 Å². The molecule has 4 heteroatoms. The quantitative estimate of drug-likeness (QED) is 0.466. The van der Waals surface area contributed by atoms with Gasteiger partial charge in [-0.1, -0.05) is 41.4 Å². The molecule has 0 saturated heterocycles. The van der Waals surface area contributed by atoms with Crippen molar-refractivity contribution in [2.24, 2.45) is 0 Å². The summed E-state index contributed by atoms with van der Waals surface area (Å²) in [6.07, 6.45) is 0. The predicted molar refractivity (Wildman–Crippen MR) is 116 cm³/mol. The van der Waals surface area contributed by atoms with Gasteiger partial charge in [-0.2, -0.15) is 0 Å². The molecule has 134 valence electrons. The maximum absolute atomic E-state index is 5.99. The zero-order valence-corrected chi connectivity index (χ0v) is 17.8. The number of aryl methyl sites for hydroxylation is 4. The molecule has 0 amide bonds. The molecular formula is C22H24N2S2. The first-order valence-electron chi connectivity index (χ1n) is 8.92. The lowest BCUT2D eigenvalue weighted by Crippen LogP contribution is -2.31. The fourth-order valence-corrected chi connectivity index (χ4v) is 5.62. The van der Waals surface area contributed by atoms with Gasteiger partial charge < -0.3 is 5.32 Å². The Kier molecular flexibility index (Phi) is 3.90. The number of nitrogens with zero attached hydrogens (tertiary/aromatic N) is 1. The molecule has 0 fully saturated rings. The summed E-state index contributed by atoms with van der Waals surface area (Å²) in [5.41, 5.74) is 9.75. The molecule has 0 atom stereocenters. The van der Waals surface area contributed by atoms with Gasteiger partial charge in [0.15, 0.2) is 0 Å². The Balaban J connectivity index is 2.05. The van der Waals surface area contributed by atoms with Crippen molar-refractivity contribution >= 4 is 29.4 Å². The normalized spacial score (nSPS) is 14.5. The Morgan fingerprint density at radius 1 is 0.923 bits per heavy atom. The maximum atomic E-state index is 5.99. The summed E-state index contributed by atoms with van der Waals surface area (Å²) in [6.45, 7) is 13.1. The van der Waals surface area contributed by atoms with Gasteiger partial charge in [0.25, 0.3) is 0 Å². The molecule has 1 aromatic heterocycles. The lowest BCUT2D eigenvalue weighted by atomic mass is 9.87. The largest absolute Gasteiger partial charge is 0.374 e. The van der Waals surface area contributed by atoms with Crippen LogP contribution in [0.25, 0.3) is 16.8 Å². The van der Waals surface area contributed by atoms with Crippen LogP contribution in [0.15, 0.2) is 30.3 Å². The van der Waals surface area contributed by atoms with Crippen molar-refractivity contribution in [2.45, 2.75) is 47.1 Å². The first kappa shape index (κ1) is 17.5. The van der Waals surface area contributed by atoms with Gasteiger partial charge in [0, 0.05) is 16.8 Å². The summed E-state index contributed by atoms with van der Waals surface area (Å²) in [5.74, 6) is 0. The van der Waals surface area contributed by atoms with E-state index in [0.717, 1.165) is 10.3 Å². The zero-order valence-electron chi connectivity index (χ0n) is 16.2. The molecule has 3 aromatic rings. The topological polar surface area (TPSA) is 17.0 Å². The van der Waals surface area contributed by atoms with E-state index in [0.29, 0.717) is 0 Å². The van der Waals surface area contributed by atoms with Gasteiger partial charge >= 0.3 is 0 Å². The third kappa shape index (κ3) is 2.63. The van der Waals surface area contributed by atoms with Crippen molar-refractivity contribution in [3.05, 3.63) is 62.1 Å². The highest BCUT2D eigenvalue weighted by molar-refractivity contribution is 7.71. The average Bonchev–Trinajstić information content (AvgIpc) is 2.87. The van der Waals surface area contributed by atoms with Gasteiger partial charge in [-0.25, -0.2) is 0 Å². The Hall–Kier alpha value is -1.91. The summed E-state index contributed by atoms with van der Waals surface area (Å²) in [4.78, 5) is 1.30. The van der Waals surface area contributed by atoms with Gasteiger partial charge in [-0.3, -0.25) is 3.96 Å². The second kappa shape index (κ2) is 5.80. The molecule has 0 spiro atoms. The number of nitrogens with one attached hydrogen (secondary N) is 1. The van der Waals surface area contributed by atoms with Crippen LogP contribution in [0.5, 0.6) is 0 Å². The standard InChI is InChI=1S/C22H24N2S2/c1-12-7-13(2)10-16(9-12)24-21(25)18-17-11-14(3)8-15(4)19(17)23-22(5,6)20(18)26-24/h7-11,23H,1-6H3. The second-order valence-electron chi connectivity index (χ2n) is 8.00. The number of benzene rings is 2. The van der Waals surface area contributed by atoms with Gasteiger partial charge in [-0.05, 0) is 76.4 Å². The average molecular weight is 381 g/mol. The molecule has 0 unspecified atom stereocenters. The van der Waals surface area contributed by atoms with Crippen molar-refractivity contribution in [1.82, 2.24) is 3.96 Å². The van der Waals surface area contributed by atoms with Crippen LogP contribution in [0, 0.1) is 32.3 Å². The highest BCUT2D eigenvalue weighted by Gasteiger charge is 2.35. The summed E-state index contributed by atoms with van der Waals surface area (Å²) in [6, 6.07) is 11.1. The monoisotopic (exact) mass is 380 g/mol. The van der Waals surface area contributed by atoms with E-state index in [2.05, 4.69) is 81.1 Å². The van der Waals surface area contributed by atoms with Crippen LogP contribution >= 0.6 is 23.8 Å². The minimum absolute atomic E-state index is 0.148. The molecule has 2 heterocycles. The Labute approximate surface area is 164 Å². The number of fused-ring (bicyclic) bond motifs is 3. The third-order valence-corrected chi connectivity index (χ3v) is 6.98. The number of aromatic nitrogens is 1. The molecule has 1 aliphatic heterocycles. The summed E-state index contributed by atoms with van der Waals surface area (Å²) < 4.78 is 3.13. The smallest absolute Gasteiger partial charge is 0.129 e. The van der Waals surface area contributed by atoms with Crippen LogP contribution < -0.4 is 5.32 Å². The molecular weight excluding hydrogens is 356 g/mol. The van der Waals surface area contributed by atoms with Crippen LogP contribution in [0.3, 0.4) is 0 Å². The van der Waals surface area contributed by atoms with E-state index in [1.807, 2.05) is 0 Å². The maximum Gasteiger partial charge on any atom is 0.129 e. The van der Waals surface area contributed by atoms with Crippen LogP contribution in [0.2, 0.25) is 0 Å². The van der Waals surface area contributed by atoms with E-state index >= 15 is 0 Å². The molecule has 2 aromatic carbocycles. The summed E-state index contributed by atoms with van der Waals surface area (Å²) in [5, 5.41) is 3.75. The molecule has 4 rings (SSSR count). The lowest BCUT2D eigenvalue weighted by molar-refractivity contribution is 0.619. The Morgan fingerprint density at radius 2 is 1.54 bits per heavy atom. The van der Waals surface area contributed by atoms with Gasteiger partial charge in [0.1, 0.15) is 4.64 Å². The van der Waals surface area contributed by atoms with Crippen LogP contribution in [0.1, 0.15) is 41.0 Å². The van der Waals surface area contributed by atoms with E-state index in [-0.39, 0.29) is 5.54 Å². The predicted octanol–water partition coefficient (Wildman–Crippen LogP) is 6.83. The summed E-state index contributed by atoms with van der Waals surface area (Å²) >= 11 is 7.76. The highest BCUT2D eigenvalue weighted by atomic mass is 32.1. The third-order valence-electron chi connectivity index (χ3n) is 5.00. The fourth-order valence-electron chi connectivity index (χ4n) is 3.98. The molecule has 2 nitrogen and oxygen atoms in total. The van der Waals surface area contributed by atoms with E-state index < -0.39 is 0 Å². The van der Waals surface area contributed by atoms with E-state index in [1.54, 1.807) is 11.5 Å². The van der Waals surface area contributed by atoms with E-state index in [9.17, 15) is 0 Å². The number of hydrogen-bond donors (Lipinski definition) is 1. The second-order valence-corrected chi connectivity index (χ2v) is 9.34. The molecule has 0 saturated carbocycles. The minimum atomic E-state index is -0.148. The SMILES string of the molecule is Cc1cc(C)cc(-n2sc3c(c2=S)-c2cc(C)cc(C)c2NC3(C)C)c1. The van der Waals surface area contributed by atoms with Crippen molar-refractivity contribution in [3.8, 4) is 16.8 Å².